The number of amides is 2. The van der Waals surface area contributed by atoms with Crippen molar-refractivity contribution in [2.75, 3.05) is 45.8 Å². The Labute approximate surface area is 145 Å². The van der Waals surface area contributed by atoms with Crippen LogP contribution in [0.3, 0.4) is 0 Å². The molecular weight excluding hydrogens is 304 g/mol. The summed E-state index contributed by atoms with van der Waals surface area (Å²) in [7, 11) is 0. The number of likely N-dealkylation sites (tertiary alicyclic amines) is 1. The van der Waals surface area contributed by atoms with E-state index >= 15 is 0 Å². The molecular formula is C18H32N4O2. The first-order valence-corrected chi connectivity index (χ1v) is 9.67. The van der Waals surface area contributed by atoms with Gasteiger partial charge in [-0.1, -0.05) is 6.42 Å². The van der Waals surface area contributed by atoms with Gasteiger partial charge >= 0.3 is 0 Å². The van der Waals surface area contributed by atoms with Gasteiger partial charge in [-0.25, -0.2) is 0 Å². The average Bonchev–Trinajstić information content (AvgIpc) is 3.01. The van der Waals surface area contributed by atoms with Crippen LogP contribution in [-0.4, -0.2) is 78.4 Å². The Morgan fingerprint density at radius 1 is 0.792 bits per heavy atom. The second kappa shape index (κ2) is 8.30. The van der Waals surface area contributed by atoms with Gasteiger partial charge in [0.05, 0.1) is 6.54 Å². The second-order valence-electron chi connectivity index (χ2n) is 7.66. The predicted octanol–water partition coefficient (Wildman–Crippen LogP) is 0.661. The highest BCUT2D eigenvalue weighted by atomic mass is 16.2. The van der Waals surface area contributed by atoms with Crippen LogP contribution < -0.4 is 5.73 Å². The van der Waals surface area contributed by atoms with Crippen molar-refractivity contribution in [1.29, 1.82) is 0 Å². The van der Waals surface area contributed by atoms with Crippen LogP contribution in [0.15, 0.2) is 0 Å². The minimum absolute atomic E-state index is 0.206. The van der Waals surface area contributed by atoms with E-state index in [1.807, 2.05) is 9.80 Å². The number of nitrogens with zero attached hydrogens (tertiary/aromatic N) is 3. The van der Waals surface area contributed by atoms with Gasteiger partial charge in [-0.05, 0) is 38.0 Å². The number of carbonyl (C=O) groups excluding carboxylic acids is 2. The number of piperazine rings is 1. The Kier molecular flexibility index (Phi) is 6.11. The van der Waals surface area contributed by atoms with E-state index in [2.05, 4.69) is 4.90 Å². The van der Waals surface area contributed by atoms with Gasteiger partial charge in [0.25, 0.3) is 0 Å². The van der Waals surface area contributed by atoms with Crippen LogP contribution in [0, 0.1) is 5.92 Å². The minimum atomic E-state index is 0.206. The molecule has 3 rings (SSSR count). The lowest BCUT2D eigenvalue weighted by atomic mass is 9.99. The van der Waals surface area contributed by atoms with E-state index in [1.54, 1.807) is 0 Å². The van der Waals surface area contributed by atoms with Gasteiger partial charge in [0, 0.05) is 51.7 Å². The van der Waals surface area contributed by atoms with E-state index in [4.69, 9.17) is 5.73 Å². The van der Waals surface area contributed by atoms with Crippen molar-refractivity contribution < 1.29 is 9.59 Å². The fourth-order valence-corrected chi connectivity index (χ4v) is 4.26. The van der Waals surface area contributed by atoms with E-state index in [0.29, 0.717) is 18.9 Å². The minimum Gasteiger partial charge on any atom is -0.342 e. The molecule has 0 aromatic carbocycles. The molecule has 0 bridgehead atoms. The van der Waals surface area contributed by atoms with E-state index < -0.39 is 0 Å². The van der Waals surface area contributed by atoms with Crippen molar-refractivity contribution in [1.82, 2.24) is 14.7 Å². The molecule has 3 aliphatic rings. The molecule has 6 heteroatoms. The van der Waals surface area contributed by atoms with Crippen molar-refractivity contribution in [2.45, 2.75) is 51.0 Å². The fourth-order valence-electron chi connectivity index (χ4n) is 4.26. The standard InChI is InChI=1S/C18H32N4O2/c19-16-6-4-5-15(16)13-17(23)22-11-9-20(10-12-22)14-18(24)21-7-2-1-3-8-21/h15-16H,1-14,19H2/t15-,16+/m0/s1. The van der Waals surface area contributed by atoms with Crippen LogP contribution in [0.5, 0.6) is 0 Å². The first-order chi connectivity index (χ1) is 11.6. The van der Waals surface area contributed by atoms with Crippen molar-refractivity contribution in [2.24, 2.45) is 11.7 Å². The summed E-state index contributed by atoms with van der Waals surface area (Å²) in [5.74, 6) is 0.877. The lowest BCUT2D eigenvalue weighted by molar-refractivity contribution is -0.136. The molecule has 1 saturated carbocycles. The molecule has 2 saturated heterocycles. The number of piperidine rings is 1. The SMILES string of the molecule is N[C@@H]1CCC[C@H]1CC(=O)N1CCN(CC(=O)N2CCCCC2)CC1. The zero-order chi connectivity index (χ0) is 16.9. The Balaban J connectivity index is 1.38. The van der Waals surface area contributed by atoms with Gasteiger partial charge in [0.15, 0.2) is 0 Å². The second-order valence-corrected chi connectivity index (χ2v) is 7.66. The Bertz CT molecular complexity index is 442. The van der Waals surface area contributed by atoms with Gasteiger partial charge in [-0.2, -0.15) is 0 Å². The predicted molar refractivity (Wildman–Crippen MR) is 93.4 cm³/mol. The fraction of sp³-hybridized carbons (Fsp3) is 0.889. The van der Waals surface area contributed by atoms with E-state index in [1.165, 1.54) is 6.42 Å². The third-order valence-corrected chi connectivity index (χ3v) is 5.95. The van der Waals surface area contributed by atoms with Gasteiger partial charge < -0.3 is 15.5 Å². The summed E-state index contributed by atoms with van der Waals surface area (Å²) in [6, 6.07) is 0.206. The number of hydrogen-bond donors (Lipinski definition) is 1. The molecule has 6 nitrogen and oxygen atoms in total. The van der Waals surface area contributed by atoms with Gasteiger partial charge in [-0.3, -0.25) is 14.5 Å². The summed E-state index contributed by atoms with van der Waals surface area (Å²) in [6.07, 6.45) is 7.44. The monoisotopic (exact) mass is 336 g/mol. The maximum absolute atomic E-state index is 12.5. The highest BCUT2D eigenvalue weighted by Gasteiger charge is 2.30. The number of nitrogens with two attached hydrogens (primary N) is 1. The van der Waals surface area contributed by atoms with Gasteiger partial charge in [-0.15, -0.1) is 0 Å². The van der Waals surface area contributed by atoms with E-state index in [-0.39, 0.29) is 17.9 Å². The van der Waals surface area contributed by atoms with E-state index in [0.717, 1.165) is 71.4 Å². The molecule has 2 aliphatic heterocycles. The topological polar surface area (TPSA) is 69.9 Å². The van der Waals surface area contributed by atoms with Crippen molar-refractivity contribution >= 4 is 11.8 Å². The molecule has 0 unspecified atom stereocenters. The van der Waals surface area contributed by atoms with Crippen LogP contribution in [0.4, 0.5) is 0 Å². The largest absolute Gasteiger partial charge is 0.342 e. The third kappa shape index (κ3) is 4.48. The first-order valence-electron chi connectivity index (χ1n) is 9.67. The van der Waals surface area contributed by atoms with Crippen molar-refractivity contribution in [3.8, 4) is 0 Å². The molecule has 3 fully saturated rings. The number of rotatable bonds is 4. The molecule has 0 radical (unpaired) electrons. The molecule has 0 aromatic rings. The van der Waals surface area contributed by atoms with Crippen LogP contribution in [0.2, 0.25) is 0 Å². The van der Waals surface area contributed by atoms with Crippen LogP contribution in [0.25, 0.3) is 0 Å². The third-order valence-electron chi connectivity index (χ3n) is 5.95. The van der Waals surface area contributed by atoms with Crippen LogP contribution >= 0.6 is 0 Å². The summed E-state index contributed by atoms with van der Waals surface area (Å²) in [5.41, 5.74) is 6.08. The summed E-state index contributed by atoms with van der Waals surface area (Å²) in [4.78, 5) is 31.0. The summed E-state index contributed by atoms with van der Waals surface area (Å²) in [5, 5.41) is 0. The van der Waals surface area contributed by atoms with Crippen molar-refractivity contribution in [3.63, 3.8) is 0 Å². The van der Waals surface area contributed by atoms with Gasteiger partial charge in [0.1, 0.15) is 0 Å². The summed E-state index contributed by atoms with van der Waals surface area (Å²) < 4.78 is 0. The molecule has 2 atom stereocenters. The summed E-state index contributed by atoms with van der Waals surface area (Å²) in [6.45, 7) is 5.44. The van der Waals surface area contributed by atoms with Crippen LogP contribution in [0.1, 0.15) is 44.9 Å². The highest BCUT2D eigenvalue weighted by Crippen LogP contribution is 2.27. The van der Waals surface area contributed by atoms with Crippen molar-refractivity contribution in [3.05, 3.63) is 0 Å². The molecule has 1 aliphatic carbocycles. The maximum atomic E-state index is 12.5. The quantitative estimate of drug-likeness (QED) is 0.819. The summed E-state index contributed by atoms with van der Waals surface area (Å²) >= 11 is 0. The maximum Gasteiger partial charge on any atom is 0.236 e. The number of carbonyl (C=O) groups is 2. The smallest absolute Gasteiger partial charge is 0.236 e. The molecule has 2 N–H and O–H groups in total. The molecule has 24 heavy (non-hydrogen) atoms. The lowest BCUT2D eigenvalue weighted by Gasteiger charge is -2.36. The Morgan fingerprint density at radius 3 is 2.08 bits per heavy atom. The zero-order valence-corrected chi connectivity index (χ0v) is 14.8. The lowest BCUT2D eigenvalue weighted by Crippen LogP contribution is -2.52. The Morgan fingerprint density at radius 2 is 1.46 bits per heavy atom. The average molecular weight is 336 g/mol. The molecule has 136 valence electrons. The molecule has 2 heterocycles. The van der Waals surface area contributed by atoms with Crippen LogP contribution in [-0.2, 0) is 9.59 Å². The highest BCUT2D eigenvalue weighted by molar-refractivity contribution is 5.78. The first kappa shape index (κ1) is 17.7. The zero-order valence-electron chi connectivity index (χ0n) is 14.8. The number of hydrogen-bond acceptors (Lipinski definition) is 4. The van der Waals surface area contributed by atoms with E-state index in [9.17, 15) is 9.59 Å². The molecule has 2 amide bonds. The van der Waals surface area contributed by atoms with Gasteiger partial charge in [0.2, 0.25) is 11.8 Å². The molecule has 0 aromatic heterocycles. The Hall–Kier alpha value is -1.14. The molecule has 0 spiro atoms. The normalized spacial score (nSPS) is 29.0.